The van der Waals surface area contributed by atoms with E-state index in [2.05, 4.69) is 69.4 Å². The molecule has 6 nitrogen and oxygen atoms in total. The summed E-state index contributed by atoms with van der Waals surface area (Å²) in [5.41, 5.74) is 0. The molecule has 0 saturated carbocycles. The van der Waals surface area contributed by atoms with Gasteiger partial charge in [0.1, 0.15) is 13.2 Å². The van der Waals surface area contributed by atoms with Gasteiger partial charge in [-0.05, 0) is 57.8 Å². The lowest BCUT2D eigenvalue weighted by molar-refractivity contribution is -0.167. The van der Waals surface area contributed by atoms with E-state index in [0.717, 1.165) is 89.9 Å². The third-order valence-corrected chi connectivity index (χ3v) is 11.3. The molecule has 61 heavy (non-hydrogen) atoms. The molecule has 0 fully saturated rings. The quantitative estimate of drug-likeness (QED) is 0.0263. The Balaban J connectivity index is 4.31. The molecule has 0 aromatic heterocycles. The molecule has 0 radical (unpaired) electrons. The van der Waals surface area contributed by atoms with Gasteiger partial charge in [-0.25, -0.2) is 0 Å². The van der Waals surface area contributed by atoms with Crippen LogP contribution < -0.4 is 0 Å². The minimum atomic E-state index is -0.773. The van der Waals surface area contributed by atoms with Crippen LogP contribution in [0.3, 0.4) is 0 Å². The smallest absolute Gasteiger partial charge is 0.306 e. The summed E-state index contributed by atoms with van der Waals surface area (Å²) in [5, 5.41) is 0. The van der Waals surface area contributed by atoms with E-state index in [4.69, 9.17) is 14.2 Å². The number of hydrogen-bond acceptors (Lipinski definition) is 6. The van der Waals surface area contributed by atoms with Crippen LogP contribution in [0.2, 0.25) is 0 Å². The van der Waals surface area contributed by atoms with E-state index >= 15 is 0 Å². The average Bonchev–Trinajstić information content (AvgIpc) is 3.26. The molecule has 0 bridgehead atoms. The average molecular weight is 855 g/mol. The Morgan fingerprint density at radius 2 is 0.639 bits per heavy atom. The maximum atomic E-state index is 12.8. The third-order valence-electron chi connectivity index (χ3n) is 11.3. The topological polar surface area (TPSA) is 78.9 Å². The molecule has 0 aliphatic carbocycles. The van der Waals surface area contributed by atoms with E-state index in [1.54, 1.807) is 0 Å². The van der Waals surface area contributed by atoms with Gasteiger partial charge in [0.05, 0.1) is 0 Å². The van der Waals surface area contributed by atoms with E-state index in [-0.39, 0.29) is 31.1 Å². The normalized spacial score (nSPS) is 12.4. The van der Waals surface area contributed by atoms with Crippen LogP contribution in [0.1, 0.15) is 265 Å². The molecule has 0 spiro atoms. The zero-order valence-electron chi connectivity index (χ0n) is 40.4. The Morgan fingerprint density at radius 3 is 1.00 bits per heavy atom. The number of hydrogen-bond donors (Lipinski definition) is 0. The summed E-state index contributed by atoms with van der Waals surface area (Å²) in [6.45, 7) is 6.51. The summed E-state index contributed by atoms with van der Waals surface area (Å²) in [4.78, 5) is 37.9. The van der Waals surface area contributed by atoms with Gasteiger partial charge in [0, 0.05) is 19.3 Å². The SMILES string of the molecule is CC/C=C\C/C=C\C/C=C\C/C=C\CCCCCCCCC(=O)OCC(COC(=O)CCCCCCCCCCC)OC(=O)CCCCCCCCCCCCCCCCC. The van der Waals surface area contributed by atoms with Crippen LogP contribution >= 0.6 is 0 Å². The Labute approximate surface area is 378 Å². The van der Waals surface area contributed by atoms with Crippen molar-refractivity contribution in [1.29, 1.82) is 0 Å². The fraction of sp³-hybridized carbons (Fsp3) is 0.800. The molecule has 0 heterocycles. The maximum absolute atomic E-state index is 12.8. The molecule has 0 amide bonds. The first kappa shape index (κ1) is 58.4. The van der Waals surface area contributed by atoms with Crippen molar-refractivity contribution in [3.05, 3.63) is 48.6 Å². The van der Waals surface area contributed by atoms with Crippen LogP contribution in [0.15, 0.2) is 48.6 Å². The summed E-state index contributed by atoms with van der Waals surface area (Å²) >= 11 is 0. The molecular weight excluding hydrogens is 757 g/mol. The predicted molar refractivity (Wildman–Crippen MR) is 261 cm³/mol. The van der Waals surface area contributed by atoms with Gasteiger partial charge in [-0.15, -0.1) is 0 Å². The summed E-state index contributed by atoms with van der Waals surface area (Å²) < 4.78 is 16.8. The van der Waals surface area contributed by atoms with Crippen LogP contribution in [0.25, 0.3) is 0 Å². The molecule has 6 heteroatoms. The fourth-order valence-electron chi connectivity index (χ4n) is 7.43. The van der Waals surface area contributed by atoms with Gasteiger partial charge in [-0.2, -0.15) is 0 Å². The second-order valence-electron chi connectivity index (χ2n) is 17.4. The van der Waals surface area contributed by atoms with Crippen molar-refractivity contribution in [3.63, 3.8) is 0 Å². The highest BCUT2D eigenvalue weighted by molar-refractivity contribution is 5.71. The van der Waals surface area contributed by atoms with Crippen molar-refractivity contribution < 1.29 is 28.6 Å². The van der Waals surface area contributed by atoms with Gasteiger partial charge in [-0.1, -0.05) is 236 Å². The van der Waals surface area contributed by atoms with Crippen molar-refractivity contribution in [3.8, 4) is 0 Å². The highest BCUT2D eigenvalue weighted by atomic mass is 16.6. The van der Waals surface area contributed by atoms with Gasteiger partial charge < -0.3 is 14.2 Å². The molecule has 0 aromatic rings. The molecule has 354 valence electrons. The van der Waals surface area contributed by atoms with Gasteiger partial charge in [0.15, 0.2) is 6.10 Å². The Bertz CT molecular complexity index is 1070. The Kier molecular flexibility index (Phi) is 47.9. The molecule has 1 atom stereocenters. The van der Waals surface area contributed by atoms with Crippen molar-refractivity contribution in [2.75, 3.05) is 13.2 Å². The second kappa shape index (κ2) is 50.0. The first-order chi connectivity index (χ1) is 30.0. The van der Waals surface area contributed by atoms with Gasteiger partial charge in [0.25, 0.3) is 0 Å². The fourth-order valence-corrected chi connectivity index (χ4v) is 7.43. The van der Waals surface area contributed by atoms with E-state index in [0.29, 0.717) is 19.3 Å². The Morgan fingerprint density at radius 1 is 0.344 bits per heavy atom. The number of rotatable bonds is 47. The lowest BCUT2D eigenvalue weighted by atomic mass is 10.0. The largest absolute Gasteiger partial charge is 0.462 e. The predicted octanol–water partition coefficient (Wildman–Crippen LogP) is 17.1. The molecule has 1 unspecified atom stereocenters. The first-order valence-corrected chi connectivity index (χ1v) is 26.1. The number of unbranched alkanes of at least 4 members (excludes halogenated alkanes) is 28. The van der Waals surface area contributed by atoms with Crippen LogP contribution in [0.5, 0.6) is 0 Å². The van der Waals surface area contributed by atoms with E-state index < -0.39 is 6.10 Å². The highest BCUT2D eigenvalue weighted by Crippen LogP contribution is 2.16. The van der Waals surface area contributed by atoms with Gasteiger partial charge in [-0.3, -0.25) is 14.4 Å². The number of esters is 3. The zero-order chi connectivity index (χ0) is 44.4. The van der Waals surface area contributed by atoms with Crippen LogP contribution in [-0.2, 0) is 28.6 Å². The van der Waals surface area contributed by atoms with Gasteiger partial charge >= 0.3 is 17.9 Å². The molecule has 0 saturated heterocycles. The van der Waals surface area contributed by atoms with E-state index in [9.17, 15) is 14.4 Å². The molecule has 0 rings (SSSR count). The number of allylic oxidation sites excluding steroid dienone is 8. The highest BCUT2D eigenvalue weighted by Gasteiger charge is 2.19. The summed E-state index contributed by atoms with van der Waals surface area (Å²) in [5.74, 6) is -0.882. The van der Waals surface area contributed by atoms with Crippen molar-refractivity contribution in [2.45, 2.75) is 271 Å². The minimum absolute atomic E-state index is 0.0744. The molecule has 0 aliphatic heterocycles. The lowest BCUT2D eigenvalue weighted by Gasteiger charge is -2.18. The number of ether oxygens (including phenoxy) is 3. The molecule has 0 N–H and O–H groups in total. The standard InChI is InChI=1S/C55H98O6/c1-4-7-10-13-16-19-21-23-25-26-27-28-30-31-33-36-39-42-45-48-54(57)60-51-52(50-59-53(56)47-44-41-38-35-18-15-12-9-6-3)61-55(58)49-46-43-40-37-34-32-29-24-22-20-17-14-11-8-5-2/h7,10,16,19,23,25,27-28,52H,4-6,8-9,11-15,17-18,20-22,24,26,29-51H2,1-3H3/b10-7-,19-16-,25-23-,28-27-. The van der Waals surface area contributed by atoms with Crippen molar-refractivity contribution in [2.24, 2.45) is 0 Å². The number of carbonyl (C=O) groups excluding carboxylic acids is 3. The minimum Gasteiger partial charge on any atom is -0.462 e. The van der Waals surface area contributed by atoms with Crippen LogP contribution in [-0.4, -0.2) is 37.2 Å². The first-order valence-electron chi connectivity index (χ1n) is 26.1. The lowest BCUT2D eigenvalue weighted by Crippen LogP contribution is -2.30. The second-order valence-corrected chi connectivity index (χ2v) is 17.4. The van der Waals surface area contributed by atoms with E-state index in [1.807, 2.05) is 0 Å². The van der Waals surface area contributed by atoms with Crippen molar-refractivity contribution in [1.82, 2.24) is 0 Å². The summed E-state index contributed by atoms with van der Waals surface area (Å²) in [7, 11) is 0. The van der Waals surface area contributed by atoms with Crippen molar-refractivity contribution >= 4 is 17.9 Å². The molecule has 0 aliphatic rings. The Hall–Kier alpha value is -2.63. The molecular formula is C55H98O6. The summed E-state index contributed by atoms with van der Waals surface area (Å²) in [6.07, 6.45) is 59.5. The maximum Gasteiger partial charge on any atom is 0.306 e. The molecule has 0 aromatic carbocycles. The monoisotopic (exact) mass is 855 g/mol. The third kappa shape index (κ3) is 48.3. The van der Waals surface area contributed by atoms with Crippen LogP contribution in [0, 0.1) is 0 Å². The van der Waals surface area contributed by atoms with Crippen LogP contribution in [0.4, 0.5) is 0 Å². The number of carbonyl (C=O) groups is 3. The zero-order valence-corrected chi connectivity index (χ0v) is 40.4. The summed E-state index contributed by atoms with van der Waals surface area (Å²) in [6, 6.07) is 0. The van der Waals surface area contributed by atoms with Gasteiger partial charge in [0.2, 0.25) is 0 Å². The van der Waals surface area contributed by atoms with E-state index in [1.165, 1.54) is 135 Å².